The molecule has 0 fully saturated rings. The fraction of sp³-hybridized carbons (Fsp3) is 0.929. The second-order valence-electron chi connectivity index (χ2n) is 4.83. The third-order valence-electron chi connectivity index (χ3n) is 3.52. The van der Waals surface area contributed by atoms with Gasteiger partial charge in [-0.15, -0.1) is 0 Å². The van der Waals surface area contributed by atoms with Crippen LogP contribution in [0.3, 0.4) is 0 Å². The topological polar surface area (TPSA) is 26.3 Å². The average Bonchev–Trinajstić information content (AvgIpc) is 2.36. The minimum absolute atomic E-state index is 0.0634. The van der Waals surface area contributed by atoms with Gasteiger partial charge in [0.2, 0.25) is 0 Å². The molecular formula is C14H27NdO2. The Hall–Kier alpha value is 0.821. The SMILES string of the molecule is CCCCCCC(C(=O)[O][Nd])C(CC)CCC. The molecule has 0 bridgehead atoms. The summed E-state index contributed by atoms with van der Waals surface area (Å²) in [6.07, 6.45) is 9.42. The molecular weight excluding hydrogens is 344 g/mol. The molecule has 0 radical (unpaired) electrons. The Balaban J connectivity index is 4.25. The molecule has 2 atom stereocenters. The van der Waals surface area contributed by atoms with E-state index in [4.69, 9.17) is 1.06 Å². The van der Waals surface area contributed by atoms with Crippen molar-refractivity contribution in [1.29, 1.82) is 0 Å². The first-order valence-corrected chi connectivity index (χ1v) is 8.39. The van der Waals surface area contributed by atoms with Gasteiger partial charge in [0.1, 0.15) is 0 Å². The fourth-order valence-corrected chi connectivity index (χ4v) is 2.96. The van der Waals surface area contributed by atoms with E-state index >= 15 is 0 Å². The van der Waals surface area contributed by atoms with Crippen LogP contribution in [0, 0.1) is 51.2 Å². The van der Waals surface area contributed by atoms with Gasteiger partial charge in [-0.3, -0.25) is 0 Å². The molecule has 3 heteroatoms. The molecule has 0 saturated carbocycles. The van der Waals surface area contributed by atoms with Gasteiger partial charge in [0.15, 0.2) is 0 Å². The summed E-state index contributed by atoms with van der Waals surface area (Å²) in [6.45, 7) is 6.61. The summed E-state index contributed by atoms with van der Waals surface area (Å²) in [4.78, 5) is 11.9. The van der Waals surface area contributed by atoms with Crippen LogP contribution in [0.4, 0.5) is 0 Å². The van der Waals surface area contributed by atoms with Gasteiger partial charge >= 0.3 is 135 Å². The van der Waals surface area contributed by atoms with E-state index in [-0.39, 0.29) is 11.9 Å². The summed E-state index contributed by atoms with van der Waals surface area (Å²) in [5.74, 6) is 0.755. The predicted molar refractivity (Wildman–Crippen MR) is 67.0 cm³/mol. The van der Waals surface area contributed by atoms with Crippen molar-refractivity contribution >= 4 is 5.97 Å². The first kappa shape index (κ1) is 17.8. The number of unbranched alkanes of at least 4 members (excludes halogenated alkanes) is 3. The van der Waals surface area contributed by atoms with E-state index in [2.05, 4.69) is 20.8 Å². The molecule has 0 aromatic heterocycles. The molecule has 0 N–H and O–H groups in total. The van der Waals surface area contributed by atoms with E-state index in [1.54, 1.807) is 0 Å². The number of rotatable bonds is 10. The Morgan fingerprint density at radius 1 is 1.06 bits per heavy atom. The van der Waals surface area contributed by atoms with Crippen molar-refractivity contribution in [2.45, 2.75) is 72.1 Å². The van der Waals surface area contributed by atoms with Crippen molar-refractivity contribution in [3.8, 4) is 0 Å². The van der Waals surface area contributed by atoms with Crippen molar-refractivity contribution in [2.75, 3.05) is 0 Å². The van der Waals surface area contributed by atoms with Gasteiger partial charge in [-0.1, -0.05) is 0 Å². The van der Waals surface area contributed by atoms with Crippen LogP contribution in [-0.2, 0) is 5.86 Å². The quantitative estimate of drug-likeness (QED) is 0.532. The second-order valence-corrected chi connectivity index (χ2v) is 5.49. The zero-order valence-corrected chi connectivity index (χ0v) is 14.8. The first-order valence-electron chi connectivity index (χ1n) is 7.08. The molecule has 0 heterocycles. The zero-order chi connectivity index (χ0) is 13.1. The molecule has 0 aliphatic carbocycles. The summed E-state index contributed by atoms with van der Waals surface area (Å²) in [6, 6.07) is 0. The molecule has 0 aliphatic heterocycles. The van der Waals surface area contributed by atoms with Crippen molar-refractivity contribution in [3.05, 3.63) is 0 Å². The van der Waals surface area contributed by atoms with Crippen molar-refractivity contribution in [1.82, 2.24) is 0 Å². The third-order valence-corrected chi connectivity index (χ3v) is 4.17. The number of hydrogen-bond acceptors (Lipinski definition) is 2. The first-order chi connectivity index (χ1) is 8.21. The van der Waals surface area contributed by atoms with Crippen LogP contribution in [0.1, 0.15) is 72.1 Å². The Bertz CT molecular complexity index is 195. The van der Waals surface area contributed by atoms with E-state index in [1.807, 2.05) is 0 Å². The van der Waals surface area contributed by atoms with Crippen LogP contribution in [0.2, 0.25) is 0 Å². The molecule has 0 spiro atoms. The van der Waals surface area contributed by atoms with Crippen molar-refractivity contribution in [3.63, 3.8) is 0 Å². The molecule has 2 unspecified atom stereocenters. The van der Waals surface area contributed by atoms with Gasteiger partial charge in [-0.25, -0.2) is 0 Å². The fourth-order valence-electron chi connectivity index (χ4n) is 2.47. The van der Waals surface area contributed by atoms with Crippen LogP contribution >= 0.6 is 0 Å². The predicted octanol–water partition coefficient (Wildman–Crippen LogP) is 4.41. The number of hydrogen-bond donors (Lipinski definition) is 0. The summed E-state index contributed by atoms with van der Waals surface area (Å²) in [5.41, 5.74) is 0. The van der Waals surface area contributed by atoms with Gasteiger partial charge in [-0.2, -0.15) is 0 Å². The Labute approximate surface area is 134 Å². The third kappa shape index (κ3) is 7.76. The maximum atomic E-state index is 11.9. The Kier molecular flexibility index (Phi) is 12.5. The van der Waals surface area contributed by atoms with Crippen LogP contribution in [0.25, 0.3) is 0 Å². The molecule has 0 saturated heterocycles. The second kappa shape index (κ2) is 11.9. The zero-order valence-electron chi connectivity index (χ0n) is 11.6. The molecule has 0 aromatic carbocycles. The maximum absolute atomic E-state index is 11.9. The van der Waals surface area contributed by atoms with Gasteiger partial charge < -0.3 is 0 Å². The van der Waals surface area contributed by atoms with E-state index in [9.17, 15) is 4.79 Å². The van der Waals surface area contributed by atoms with Crippen LogP contribution < -0.4 is 0 Å². The van der Waals surface area contributed by atoms with Crippen LogP contribution in [0.5, 0.6) is 0 Å². The van der Waals surface area contributed by atoms with E-state index in [0.29, 0.717) is 45.3 Å². The molecule has 17 heavy (non-hydrogen) atoms. The normalized spacial score (nSPS) is 14.2. The molecule has 0 amide bonds. The molecule has 0 aliphatic rings. The average molecular weight is 372 g/mol. The number of carbonyl (C=O) groups is 1. The van der Waals surface area contributed by atoms with Crippen LogP contribution in [0.15, 0.2) is 0 Å². The van der Waals surface area contributed by atoms with Gasteiger partial charge in [0.25, 0.3) is 0 Å². The molecule has 0 aromatic rings. The Morgan fingerprint density at radius 3 is 2.24 bits per heavy atom. The molecule has 0 rings (SSSR count). The summed E-state index contributed by atoms with van der Waals surface area (Å²) in [7, 11) is 0. The standard InChI is InChI=1S/C14H28O2.Nd/c1-4-7-8-9-11-13(14(15)16)12(6-3)10-5-2;/h12-13H,4-11H2,1-3H3,(H,15,16);/q;+1/p-1. The van der Waals surface area contributed by atoms with Crippen LogP contribution in [-0.4, -0.2) is 5.97 Å². The van der Waals surface area contributed by atoms with Gasteiger partial charge in [0.05, 0.1) is 0 Å². The van der Waals surface area contributed by atoms with E-state index in [0.717, 1.165) is 19.3 Å². The van der Waals surface area contributed by atoms with Gasteiger partial charge in [-0.05, 0) is 0 Å². The summed E-state index contributed by atoms with van der Waals surface area (Å²) in [5, 5.41) is 0. The number of carbonyl (C=O) groups excluding carboxylic acids is 1. The summed E-state index contributed by atoms with van der Waals surface area (Å²) >= 11 is 0.534. The monoisotopic (exact) mass is 369 g/mol. The van der Waals surface area contributed by atoms with E-state index < -0.39 is 0 Å². The summed E-state index contributed by atoms with van der Waals surface area (Å²) < 4.78 is 5.10. The van der Waals surface area contributed by atoms with Crippen molar-refractivity contribution < 1.29 is 45.2 Å². The van der Waals surface area contributed by atoms with Gasteiger partial charge in [0, 0.05) is 0 Å². The molecule has 99 valence electrons. The Morgan fingerprint density at radius 2 is 1.76 bits per heavy atom. The molecule has 2 nitrogen and oxygen atoms in total. The van der Waals surface area contributed by atoms with E-state index in [1.165, 1.54) is 32.1 Å². The minimum atomic E-state index is 0.0634. The van der Waals surface area contributed by atoms with Crippen molar-refractivity contribution in [2.24, 2.45) is 11.8 Å².